The van der Waals surface area contributed by atoms with Crippen LogP contribution in [0.15, 0.2) is 36.7 Å². The molecule has 4 rings (SSSR count). The number of hydrogen-bond acceptors (Lipinski definition) is 4. The van der Waals surface area contributed by atoms with E-state index in [1.54, 1.807) is 12.4 Å². The summed E-state index contributed by atoms with van der Waals surface area (Å²) >= 11 is 6.24. The van der Waals surface area contributed by atoms with E-state index < -0.39 is 0 Å². The highest BCUT2D eigenvalue weighted by molar-refractivity contribution is 6.35. The normalized spacial score (nSPS) is 14.7. The first-order chi connectivity index (χ1) is 10.3. The average Bonchev–Trinajstić information content (AvgIpc) is 3.23. The number of benzene rings is 1. The Labute approximate surface area is 126 Å². The van der Waals surface area contributed by atoms with Gasteiger partial charge in [0.15, 0.2) is 0 Å². The molecule has 0 amide bonds. The van der Waals surface area contributed by atoms with Crippen molar-refractivity contribution in [3.63, 3.8) is 0 Å². The third-order valence-corrected chi connectivity index (χ3v) is 4.02. The molecule has 21 heavy (non-hydrogen) atoms. The van der Waals surface area contributed by atoms with Crippen molar-refractivity contribution in [1.29, 1.82) is 0 Å². The van der Waals surface area contributed by atoms with Crippen molar-refractivity contribution in [2.24, 2.45) is 0 Å². The maximum absolute atomic E-state index is 6.24. The van der Waals surface area contributed by atoms with E-state index in [4.69, 9.17) is 11.6 Å². The Morgan fingerprint density at radius 1 is 1.29 bits per heavy atom. The topological polar surface area (TPSA) is 55.6 Å². The first-order valence-corrected chi connectivity index (χ1v) is 7.37. The van der Waals surface area contributed by atoms with Crippen LogP contribution in [0.25, 0.3) is 16.6 Å². The van der Waals surface area contributed by atoms with Gasteiger partial charge in [-0.05, 0) is 37.1 Å². The van der Waals surface area contributed by atoms with Crippen LogP contribution in [0.2, 0.25) is 5.02 Å². The lowest BCUT2D eigenvalue weighted by molar-refractivity contribution is 0.647. The number of rotatable bonds is 4. The summed E-state index contributed by atoms with van der Waals surface area (Å²) in [6, 6.07) is 8.31. The predicted molar refractivity (Wildman–Crippen MR) is 81.5 cm³/mol. The van der Waals surface area contributed by atoms with Gasteiger partial charge in [-0.15, -0.1) is 5.10 Å². The number of nitrogens with zero attached hydrogens (tertiary/aromatic N) is 4. The number of hydrogen-bond donors (Lipinski definition) is 1. The van der Waals surface area contributed by atoms with E-state index in [9.17, 15) is 0 Å². The van der Waals surface area contributed by atoms with E-state index in [1.165, 1.54) is 12.8 Å². The van der Waals surface area contributed by atoms with Gasteiger partial charge >= 0.3 is 0 Å². The molecule has 1 aliphatic rings. The molecule has 0 bridgehead atoms. The molecular formula is C15H14ClN5. The quantitative estimate of drug-likeness (QED) is 0.805. The molecule has 0 radical (unpaired) electrons. The van der Waals surface area contributed by atoms with Crippen LogP contribution in [0, 0.1) is 0 Å². The standard InChI is InChI=1S/C15H14ClN5/c16-13-5-6-14(15-12(13)2-1-7-17-15)21-11(9-19-20-21)8-18-10-3-4-10/h1-2,5-7,9-10,18H,3-4,8H2. The largest absolute Gasteiger partial charge is 0.308 e. The van der Waals surface area contributed by atoms with Crippen molar-refractivity contribution in [1.82, 2.24) is 25.3 Å². The second-order valence-corrected chi connectivity index (χ2v) is 5.67. The fourth-order valence-corrected chi connectivity index (χ4v) is 2.63. The minimum Gasteiger partial charge on any atom is -0.308 e. The molecule has 2 aromatic heterocycles. The van der Waals surface area contributed by atoms with Crippen molar-refractivity contribution >= 4 is 22.5 Å². The molecule has 0 aliphatic heterocycles. The van der Waals surface area contributed by atoms with Crippen molar-refractivity contribution in [3.05, 3.63) is 47.4 Å². The molecule has 5 nitrogen and oxygen atoms in total. The zero-order chi connectivity index (χ0) is 14.2. The fraction of sp³-hybridized carbons (Fsp3) is 0.267. The van der Waals surface area contributed by atoms with Gasteiger partial charge in [0.25, 0.3) is 0 Å². The molecule has 2 heterocycles. The van der Waals surface area contributed by atoms with Crippen LogP contribution in [0.3, 0.4) is 0 Å². The third-order valence-electron chi connectivity index (χ3n) is 3.69. The van der Waals surface area contributed by atoms with Crippen molar-refractivity contribution in [2.45, 2.75) is 25.4 Å². The summed E-state index contributed by atoms with van der Waals surface area (Å²) < 4.78 is 1.83. The molecule has 3 aromatic rings. The van der Waals surface area contributed by atoms with Crippen LogP contribution in [-0.4, -0.2) is 26.0 Å². The Morgan fingerprint density at radius 3 is 3.05 bits per heavy atom. The van der Waals surface area contributed by atoms with Crippen molar-refractivity contribution < 1.29 is 0 Å². The SMILES string of the molecule is Clc1ccc(-n2nncc2CNC2CC2)c2ncccc12. The summed E-state index contributed by atoms with van der Waals surface area (Å²) in [6.07, 6.45) is 6.07. The van der Waals surface area contributed by atoms with Gasteiger partial charge in [-0.1, -0.05) is 16.8 Å². The second-order valence-electron chi connectivity index (χ2n) is 5.26. The highest BCUT2D eigenvalue weighted by Crippen LogP contribution is 2.27. The Morgan fingerprint density at radius 2 is 2.19 bits per heavy atom. The lowest BCUT2D eigenvalue weighted by Crippen LogP contribution is -2.18. The fourth-order valence-electron chi connectivity index (χ4n) is 2.41. The van der Waals surface area contributed by atoms with E-state index in [2.05, 4.69) is 20.6 Å². The van der Waals surface area contributed by atoms with E-state index >= 15 is 0 Å². The molecule has 6 heteroatoms. The maximum Gasteiger partial charge on any atom is 0.0974 e. The first kappa shape index (κ1) is 12.7. The maximum atomic E-state index is 6.24. The van der Waals surface area contributed by atoms with Crippen LogP contribution in [0.1, 0.15) is 18.5 Å². The Bertz CT molecular complexity index is 794. The van der Waals surface area contributed by atoms with Gasteiger partial charge in [0, 0.05) is 24.2 Å². The van der Waals surface area contributed by atoms with Crippen LogP contribution in [0.4, 0.5) is 0 Å². The molecule has 1 N–H and O–H groups in total. The van der Waals surface area contributed by atoms with Crippen LogP contribution in [0.5, 0.6) is 0 Å². The summed E-state index contributed by atoms with van der Waals surface area (Å²) in [5.41, 5.74) is 2.76. The van der Waals surface area contributed by atoms with Crippen molar-refractivity contribution in [3.8, 4) is 5.69 Å². The summed E-state index contributed by atoms with van der Waals surface area (Å²) in [5, 5.41) is 13.3. The summed E-state index contributed by atoms with van der Waals surface area (Å²) in [4.78, 5) is 4.45. The zero-order valence-corrected chi connectivity index (χ0v) is 12.1. The first-order valence-electron chi connectivity index (χ1n) is 6.99. The summed E-state index contributed by atoms with van der Waals surface area (Å²) in [6.45, 7) is 0.759. The van der Waals surface area contributed by atoms with Gasteiger partial charge in [0.1, 0.15) is 0 Å². The number of nitrogens with one attached hydrogen (secondary N) is 1. The van der Waals surface area contributed by atoms with Crippen LogP contribution < -0.4 is 5.32 Å². The Hall–Kier alpha value is -1.98. The lowest BCUT2D eigenvalue weighted by atomic mass is 10.2. The monoisotopic (exact) mass is 299 g/mol. The van der Waals surface area contributed by atoms with E-state index in [-0.39, 0.29) is 0 Å². The number of halogens is 1. The second kappa shape index (κ2) is 5.09. The van der Waals surface area contributed by atoms with E-state index in [0.29, 0.717) is 11.1 Å². The van der Waals surface area contributed by atoms with Crippen LogP contribution in [-0.2, 0) is 6.54 Å². The summed E-state index contributed by atoms with van der Waals surface area (Å²) in [5.74, 6) is 0. The number of aromatic nitrogens is 4. The van der Waals surface area contributed by atoms with Gasteiger partial charge < -0.3 is 5.32 Å². The molecule has 106 valence electrons. The number of fused-ring (bicyclic) bond motifs is 1. The molecule has 0 unspecified atom stereocenters. The molecule has 1 aliphatic carbocycles. The van der Waals surface area contributed by atoms with Crippen LogP contribution >= 0.6 is 11.6 Å². The molecule has 1 fully saturated rings. The molecule has 0 saturated heterocycles. The van der Waals surface area contributed by atoms with Crippen molar-refractivity contribution in [2.75, 3.05) is 0 Å². The van der Waals surface area contributed by atoms with Gasteiger partial charge in [0.2, 0.25) is 0 Å². The molecule has 1 aromatic carbocycles. The molecule has 0 spiro atoms. The lowest BCUT2D eigenvalue weighted by Gasteiger charge is -2.10. The molecule has 1 saturated carbocycles. The number of pyridine rings is 1. The minimum atomic E-state index is 0.647. The smallest absolute Gasteiger partial charge is 0.0974 e. The van der Waals surface area contributed by atoms with E-state index in [0.717, 1.165) is 28.8 Å². The van der Waals surface area contributed by atoms with Gasteiger partial charge in [-0.3, -0.25) is 4.98 Å². The van der Waals surface area contributed by atoms with Gasteiger partial charge in [0.05, 0.1) is 28.1 Å². The summed E-state index contributed by atoms with van der Waals surface area (Å²) in [7, 11) is 0. The Balaban J connectivity index is 1.79. The third kappa shape index (κ3) is 2.39. The van der Waals surface area contributed by atoms with Gasteiger partial charge in [-0.2, -0.15) is 0 Å². The zero-order valence-electron chi connectivity index (χ0n) is 11.3. The van der Waals surface area contributed by atoms with Gasteiger partial charge in [-0.25, -0.2) is 4.68 Å². The average molecular weight is 300 g/mol. The highest BCUT2D eigenvalue weighted by Gasteiger charge is 2.21. The molecular weight excluding hydrogens is 286 g/mol. The highest BCUT2D eigenvalue weighted by atomic mass is 35.5. The Kier molecular flexibility index (Phi) is 3.09. The minimum absolute atomic E-state index is 0.647. The predicted octanol–water partition coefficient (Wildman–Crippen LogP) is 2.72. The molecule has 0 atom stereocenters. The van der Waals surface area contributed by atoms with E-state index in [1.807, 2.05) is 28.9 Å².